The first-order chi connectivity index (χ1) is 15.8. The van der Waals surface area contributed by atoms with Crippen molar-refractivity contribution in [2.24, 2.45) is 0 Å². The van der Waals surface area contributed by atoms with Gasteiger partial charge in [-0.25, -0.2) is 13.1 Å². The molecule has 0 spiro atoms. The second kappa shape index (κ2) is 11.6. The van der Waals surface area contributed by atoms with E-state index in [-0.39, 0.29) is 17.3 Å². The van der Waals surface area contributed by atoms with E-state index in [9.17, 15) is 13.2 Å². The molecule has 0 heterocycles. The van der Waals surface area contributed by atoms with Crippen molar-refractivity contribution in [1.29, 1.82) is 0 Å². The summed E-state index contributed by atoms with van der Waals surface area (Å²) in [6.07, 6.45) is 2.51. The number of hydrogen-bond donors (Lipinski definition) is 2. The minimum Gasteiger partial charge on any atom is -0.326 e. The lowest BCUT2D eigenvalue weighted by molar-refractivity contribution is -0.116. The van der Waals surface area contributed by atoms with Crippen LogP contribution in [0, 0.1) is 0 Å². The van der Waals surface area contributed by atoms with Gasteiger partial charge in [0.2, 0.25) is 15.9 Å². The van der Waals surface area contributed by atoms with Gasteiger partial charge in [-0.15, -0.1) is 0 Å². The number of carbonyl (C=O) groups is 1. The summed E-state index contributed by atoms with van der Waals surface area (Å²) >= 11 is 3.54. The highest BCUT2D eigenvalue weighted by Gasteiger charge is 2.15. The van der Waals surface area contributed by atoms with Crippen LogP contribution in [0.5, 0.6) is 0 Å². The van der Waals surface area contributed by atoms with Crippen molar-refractivity contribution in [3.63, 3.8) is 0 Å². The van der Waals surface area contributed by atoms with Crippen LogP contribution in [0.4, 0.5) is 5.69 Å². The summed E-state index contributed by atoms with van der Waals surface area (Å²) in [5.74, 6) is -0.0528. The molecule has 7 heteroatoms. The van der Waals surface area contributed by atoms with Gasteiger partial charge in [-0.1, -0.05) is 72.2 Å². The third-order valence-electron chi connectivity index (χ3n) is 5.48. The van der Waals surface area contributed by atoms with Crippen LogP contribution < -0.4 is 10.0 Å². The molecule has 0 saturated carbocycles. The quantitative estimate of drug-likeness (QED) is 0.358. The third-order valence-corrected chi connectivity index (χ3v) is 7.35. The Morgan fingerprint density at radius 3 is 2.06 bits per heavy atom. The van der Waals surface area contributed by atoms with Gasteiger partial charge in [-0.2, -0.15) is 0 Å². The van der Waals surface area contributed by atoms with Crippen LogP contribution in [0.2, 0.25) is 0 Å². The zero-order valence-electron chi connectivity index (χ0n) is 18.9. The van der Waals surface area contributed by atoms with E-state index in [2.05, 4.69) is 39.8 Å². The SMILES string of the molecule is CCc1cc(Br)cc(CC)c1NC(=O)CCc1ccc(S(=O)(=O)NCc2ccccc2)cc1. The van der Waals surface area contributed by atoms with Gasteiger partial charge in [0.1, 0.15) is 0 Å². The largest absolute Gasteiger partial charge is 0.326 e. The van der Waals surface area contributed by atoms with Crippen LogP contribution in [-0.2, 0) is 40.6 Å². The van der Waals surface area contributed by atoms with Gasteiger partial charge in [-0.3, -0.25) is 4.79 Å². The van der Waals surface area contributed by atoms with Gasteiger partial charge < -0.3 is 5.32 Å². The first kappa shape index (κ1) is 25.1. The van der Waals surface area contributed by atoms with Crippen molar-refractivity contribution in [2.75, 3.05) is 5.32 Å². The molecule has 0 unspecified atom stereocenters. The van der Waals surface area contributed by atoms with Crippen LogP contribution in [0.15, 0.2) is 76.1 Å². The number of amides is 1. The van der Waals surface area contributed by atoms with E-state index in [0.717, 1.165) is 45.3 Å². The van der Waals surface area contributed by atoms with E-state index in [0.29, 0.717) is 12.8 Å². The Bertz CT molecular complexity index is 1170. The summed E-state index contributed by atoms with van der Waals surface area (Å²) in [4.78, 5) is 12.8. The lowest BCUT2D eigenvalue weighted by Gasteiger charge is -2.15. The number of benzene rings is 3. The first-order valence-corrected chi connectivity index (χ1v) is 13.3. The molecule has 0 atom stereocenters. The molecule has 0 aliphatic heterocycles. The molecular formula is C26H29BrN2O3S. The fourth-order valence-corrected chi connectivity index (χ4v) is 5.17. The monoisotopic (exact) mass is 528 g/mol. The van der Waals surface area contributed by atoms with Gasteiger partial charge in [0.05, 0.1) is 4.90 Å². The molecule has 3 rings (SSSR count). The molecule has 5 nitrogen and oxygen atoms in total. The van der Waals surface area contributed by atoms with E-state index in [1.807, 2.05) is 42.5 Å². The lowest BCUT2D eigenvalue weighted by atomic mass is 10.0. The number of anilines is 1. The molecule has 0 saturated heterocycles. The average molecular weight is 530 g/mol. The van der Waals surface area contributed by atoms with Crippen LogP contribution in [0.1, 0.15) is 42.5 Å². The van der Waals surface area contributed by atoms with Crippen molar-refractivity contribution < 1.29 is 13.2 Å². The molecule has 33 heavy (non-hydrogen) atoms. The lowest BCUT2D eigenvalue weighted by Crippen LogP contribution is -2.23. The van der Waals surface area contributed by atoms with Crippen molar-refractivity contribution in [3.8, 4) is 0 Å². The van der Waals surface area contributed by atoms with E-state index in [1.165, 1.54) is 0 Å². The highest BCUT2D eigenvalue weighted by Crippen LogP contribution is 2.28. The molecule has 2 N–H and O–H groups in total. The van der Waals surface area contributed by atoms with E-state index >= 15 is 0 Å². The maximum absolute atomic E-state index is 12.6. The minimum absolute atomic E-state index is 0.0528. The molecule has 0 aromatic heterocycles. The molecule has 3 aromatic rings. The number of hydrogen-bond acceptors (Lipinski definition) is 3. The summed E-state index contributed by atoms with van der Waals surface area (Å²) in [5.41, 5.74) is 4.92. The first-order valence-electron chi connectivity index (χ1n) is 11.1. The van der Waals surface area contributed by atoms with Crippen LogP contribution in [0.25, 0.3) is 0 Å². The molecule has 0 radical (unpaired) electrons. The van der Waals surface area contributed by atoms with E-state index < -0.39 is 10.0 Å². The normalized spacial score (nSPS) is 11.4. The van der Waals surface area contributed by atoms with Crippen LogP contribution in [-0.4, -0.2) is 14.3 Å². The van der Waals surface area contributed by atoms with Gasteiger partial charge in [0, 0.05) is 23.1 Å². The second-order valence-electron chi connectivity index (χ2n) is 7.81. The smallest absolute Gasteiger partial charge is 0.240 e. The van der Waals surface area contributed by atoms with Gasteiger partial charge in [0.25, 0.3) is 0 Å². The Morgan fingerprint density at radius 2 is 1.48 bits per heavy atom. The molecule has 0 aliphatic rings. The minimum atomic E-state index is -3.60. The maximum atomic E-state index is 12.6. The molecule has 3 aromatic carbocycles. The average Bonchev–Trinajstić information content (AvgIpc) is 2.83. The Balaban J connectivity index is 1.59. The second-order valence-corrected chi connectivity index (χ2v) is 10.5. The van der Waals surface area contributed by atoms with Gasteiger partial charge in [-0.05, 0) is 65.8 Å². The number of carbonyl (C=O) groups excluding carboxylic acids is 1. The number of sulfonamides is 1. The van der Waals surface area contributed by atoms with Crippen molar-refractivity contribution in [1.82, 2.24) is 4.72 Å². The Hall–Kier alpha value is -2.48. The van der Waals surface area contributed by atoms with Crippen molar-refractivity contribution in [2.45, 2.75) is 51.0 Å². The fraction of sp³-hybridized carbons (Fsp3) is 0.269. The highest BCUT2D eigenvalue weighted by atomic mass is 79.9. The van der Waals surface area contributed by atoms with Crippen LogP contribution >= 0.6 is 15.9 Å². The molecular weight excluding hydrogens is 500 g/mol. The zero-order valence-corrected chi connectivity index (χ0v) is 21.3. The molecule has 174 valence electrons. The number of rotatable bonds is 10. The standard InChI is InChI=1S/C26H29BrN2O3S/c1-3-21-16-23(27)17-22(4-2)26(21)29-25(30)15-12-19-10-13-24(14-11-19)33(31,32)28-18-20-8-6-5-7-9-20/h5-11,13-14,16-17,28H,3-4,12,15,18H2,1-2H3,(H,29,30). The summed E-state index contributed by atoms with van der Waals surface area (Å²) < 4.78 is 28.7. The predicted molar refractivity (Wildman–Crippen MR) is 137 cm³/mol. The number of nitrogens with one attached hydrogen (secondary N) is 2. The number of aryl methyl sites for hydroxylation is 3. The summed E-state index contributed by atoms with van der Waals surface area (Å²) in [6.45, 7) is 4.38. The fourth-order valence-electron chi connectivity index (χ4n) is 3.60. The Kier molecular flexibility index (Phi) is 8.83. The van der Waals surface area contributed by atoms with Crippen molar-refractivity contribution in [3.05, 3.63) is 93.5 Å². The van der Waals surface area contributed by atoms with Crippen molar-refractivity contribution >= 4 is 37.5 Å². The molecule has 0 bridgehead atoms. The Morgan fingerprint density at radius 1 is 0.879 bits per heavy atom. The summed E-state index contributed by atoms with van der Waals surface area (Å²) in [5, 5.41) is 3.08. The maximum Gasteiger partial charge on any atom is 0.240 e. The highest BCUT2D eigenvalue weighted by molar-refractivity contribution is 9.10. The van der Waals surface area contributed by atoms with E-state index in [1.54, 1.807) is 24.3 Å². The summed E-state index contributed by atoms with van der Waals surface area (Å²) in [6, 6.07) is 20.2. The summed E-state index contributed by atoms with van der Waals surface area (Å²) in [7, 11) is -3.60. The topological polar surface area (TPSA) is 75.3 Å². The zero-order chi connectivity index (χ0) is 23.8. The number of halogens is 1. The predicted octanol–water partition coefficient (Wildman–Crippen LogP) is 5.62. The van der Waals surface area contributed by atoms with E-state index in [4.69, 9.17) is 0 Å². The molecule has 1 amide bonds. The van der Waals surface area contributed by atoms with Crippen LogP contribution in [0.3, 0.4) is 0 Å². The molecule has 0 aliphatic carbocycles. The Labute approximate surface area is 204 Å². The molecule has 0 fully saturated rings. The van der Waals surface area contributed by atoms with Gasteiger partial charge in [0.15, 0.2) is 0 Å². The third kappa shape index (κ3) is 7.00. The van der Waals surface area contributed by atoms with Gasteiger partial charge >= 0.3 is 0 Å².